The monoisotopic (exact) mass is 492 g/mol. The highest BCUT2D eigenvalue weighted by Crippen LogP contribution is 2.39. The second-order valence-corrected chi connectivity index (χ2v) is 8.56. The molecule has 4 aromatic rings. The second kappa shape index (κ2) is 9.67. The number of anilines is 2. The molecule has 0 fully saturated rings. The third-order valence-electron chi connectivity index (χ3n) is 5.96. The van der Waals surface area contributed by atoms with Gasteiger partial charge in [0.25, 0.3) is 12.3 Å². The molecule has 178 valence electrons. The molecule has 4 N–H and O–H groups in total. The number of halogens is 2. The van der Waals surface area contributed by atoms with E-state index in [1.54, 1.807) is 0 Å². The van der Waals surface area contributed by atoms with Gasteiger partial charge in [-0.25, -0.2) is 13.5 Å². The van der Waals surface area contributed by atoms with Crippen LogP contribution in [0.15, 0.2) is 79.0 Å². The Kier molecular flexibility index (Phi) is 6.28. The summed E-state index contributed by atoms with van der Waals surface area (Å²) >= 11 is 5.33. The van der Waals surface area contributed by atoms with Crippen LogP contribution in [0.5, 0.6) is 0 Å². The van der Waals surface area contributed by atoms with Crippen LogP contribution in [0.25, 0.3) is 10.8 Å². The first kappa shape index (κ1) is 22.7. The van der Waals surface area contributed by atoms with Crippen molar-refractivity contribution in [2.45, 2.75) is 24.9 Å². The number of rotatable bonds is 4. The van der Waals surface area contributed by atoms with E-state index in [0.29, 0.717) is 0 Å². The van der Waals surface area contributed by atoms with E-state index >= 15 is 0 Å². The summed E-state index contributed by atoms with van der Waals surface area (Å²) in [5.41, 5.74) is 6.98. The predicted molar refractivity (Wildman–Crippen MR) is 135 cm³/mol. The lowest BCUT2D eigenvalue weighted by atomic mass is 9.97. The molecule has 0 bridgehead atoms. The van der Waals surface area contributed by atoms with Crippen LogP contribution in [-0.4, -0.2) is 27.2 Å². The lowest BCUT2D eigenvalue weighted by Gasteiger charge is -2.32. The highest BCUT2D eigenvalue weighted by Gasteiger charge is 2.36. The van der Waals surface area contributed by atoms with Gasteiger partial charge in [-0.05, 0) is 35.7 Å². The van der Waals surface area contributed by atoms with Crippen molar-refractivity contribution in [2.75, 3.05) is 10.6 Å². The van der Waals surface area contributed by atoms with E-state index in [9.17, 15) is 13.6 Å². The second-order valence-electron chi connectivity index (χ2n) is 8.16. The predicted octanol–water partition coefficient (Wildman–Crippen LogP) is 5.03. The molecule has 7 nitrogen and oxygen atoms in total. The molecule has 1 aromatic heterocycles. The van der Waals surface area contributed by atoms with Gasteiger partial charge in [0.1, 0.15) is 17.4 Å². The molecular weight excluding hydrogens is 470 g/mol. The van der Waals surface area contributed by atoms with E-state index in [-0.39, 0.29) is 29.0 Å². The van der Waals surface area contributed by atoms with E-state index < -0.39 is 18.4 Å². The van der Waals surface area contributed by atoms with Crippen molar-refractivity contribution in [2.24, 2.45) is 0 Å². The van der Waals surface area contributed by atoms with Crippen LogP contribution in [0.3, 0.4) is 0 Å². The number of carbonyl (C=O) groups excluding carboxylic acids is 1. The van der Waals surface area contributed by atoms with Gasteiger partial charge in [0.2, 0.25) is 0 Å². The zero-order chi connectivity index (χ0) is 24.4. The topological polar surface area (TPSA) is 83.0 Å². The largest absolute Gasteiger partial charge is 0.363 e. The van der Waals surface area contributed by atoms with Gasteiger partial charge in [0, 0.05) is 11.1 Å². The summed E-state index contributed by atoms with van der Waals surface area (Å²) < 4.78 is 28.9. The molecule has 1 amide bonds. The number of carbonyl (C=O) groups is 1. The van der Waals surface area contributed by atoms with Crippen molar-refractivity contribution in [1.29, 1.82) is 0 Å². The van der Waals surface area contributed by atoms with Gasteiger partial charge < -0.3 is 10.6 Å². The number of nitrogens with one attached hydrogen (secondary N) is 4. The zero-order valence-electron chi connectivity index (χ0n) is 18.4. The van der Waals surface area contributed by atoms with Gasteiger partial charge >= 0.3 is 0 Å². The van der Waals surface area contributed by atoms with Crippen molar-refractivity contribution < 1.29 is 13.6 Å². The minimum absolute atomic E-state index is 0.136. The van der Waals surface area contributed by atoms with Crippen LogP contribution >= 0.6 is 12.2 Å². The lowest BCUT2D eigenvalue weighted by Crippen LogP contribution is -2.44. The fourth-order valence-corrected chi connectivity index (χ4v) is 4.43. The van der Waals surface area contributed by atoms with Gasteiger partial charge in [-0.15, -0.1) is 0 Å². The fraction of sp³-hybridized carbons (Fsp3) is 0.160. The van der Waals surface area contributed by atoms with E-state index in [0.717, 1.165) is 22.0 Å². The molecule has 10 heteroatoms. The molecule has 0 saturated carbocycles. The van der Waals surface area contributed by atoms with Crippen LogP contribution < -0.4 is 21.5 Å². The van der Waals surface area contributed by atoms with Gasteiger partial charge in [-0.1, -0.05) is 66.7 Å². The van der Waals surface area contributed by atoms with Crippen LogP contribution in [0.1, 0.15) is 34.4 Å². The minimum Gasteiger partial charge on any atom is -0.363 e. The number of thiocarbonyl (C=S) groups is 1. The molecule has 0 aliphatic carbocycles. The van der Waals surface area contributed by atoms with Crippen LogP contribution in [0, 0.1) is 0 Å². The first-order valence-corrected chi connectivity index (χ1v) is 11.4. The van der Waals surface area contributed by atoms with Crippen LogP contribution in [-0.2, 0) is 0 Å². The number of nitrogens with zero attached hydrogens (tertiary/aromatic N) is 2. The third-order valence-corrected chi connectivity index (χ3v) is 6.17. The van der Waals surface area contributed by atoms with Gasteiger partial charge in [-0.3, -0.25) is 15.6 Å². The molecule has 0 radical (unpaired) electrons. The highest BCUT2D eigenvalue weighted by molar-refractivity contribution is 7.80. The molecular formula is C25H22F2N6OS. The molecule has 0 saturated heterocycles. The molecule has 2 atom stereocenters. The van der Waals surface area contributed by atoms with E-state index in [4.69, 9.17) is 12.2 Å². The first-order valence-electron chi connectivity index (χ1n) is 11.0. The number of amides is 1. The molecule has 2 unspecified atom stereocenters. The summed E-state index contributed by atoms with van der Waals surface area (Å²) in [5.74, 6) is -0.315. The van der Waals surface area contributed by atoms with Crippen LogP contribution in [0.2, 0.25) is 0 Å². The van der Waals surface area contributed by atoms with E-state index in [1.807, 2.05) is 72.8 Å². The highest BCUT2D eigenvalue weighted by atomic mass is 32.1. The van der Waals surface area contributed by atoms with Gasteiger partial charge in [-0.2, -0.15) is 5.10 Å². The molecule has 35 heavy (non-hydrogen) atoms. The third kappa shape index (κ3) is 4.65. The van der Waals surface area contributed by atoms with Gasteiger partial charge in [0.15, 0.2) is 5.11 Å². The summed E-state index contributed by atoms with van der Waals surface area (Å²) in [7, 11) is 0. The van der Waals surface area contributed by atoms with Crippen molar-refractivity contribution in [1.82, 2.24) is 20.6 Å². The normalized spacial score (nSPS) is 16.9. The number of hydrogen-bond donors (Lipinski definition) is 4. The summed E-state index contributed by atoms with van der Waals surface area (Å²) in [6.07, 6.45) is -1.20. The van der Waals surface area contributed by atoms with Crippen molar-refractivity contribution in [3.63, 3.8) is 0 Å². The Morgan fingerprint density at radius 1 is 1.03 bits per heavy atom. The number of alkyl halides is 2. The molecule has 2 heterocycles. The van der Waals surface area contributed by atoms with E-state index in [2.05, 4.69) is 26.6 Å². The number of hydrazine groups is 1. The molecule has 1 aliphatic heterocycles. The Labute approximate surface area is 205 Å². The SMILES string of the molecule is O=C(NNC(=S)Nc1cccc2ccccc12)c1cnn2c1NC(c1ccccc1)CC2C(F)F. The molecule has 1 aliphatic rings. The summed E-state index contributed by atoms with van der Waals surface area (Å²) in [6, 6.07) is 21.4. The number of fused-ring (bicyclic) bond motifs is 2. The number of hydrogen-bond acceptors (Lipinski definition) is 4. The quantitative estimate of drug-likeness (QED) is 0.236. The number of aromatic nitrogens is 2. The lowest BCUT2D eigenvalue weighted by molar-refractivity contribution is 0.0656. The molecule has 5 rings (SSSR count). The average Bonchev–Trinajstić information content (AvgIpc) is 3.31. The smallest absolute Gasteiger partial charge is 0.275 e. The zero-order valence-corrected chi connectivity index (χ0v) is 19.2. The van der Waals surface area contributed by atoms with Crippen LogP contribution in [0.4, 0.5) is 20.3 Å². The van der Waals surface area contributed by atoms with E-state index in [1.165, 1.54) is 10.9 Å². The number of benzene rings is 3. The first-order chi connectivity index (χ1) is 17.0. The van der Waals surface area contributed by atoms with Gasteiger partial charge in [0.05, 0.1) is 12.2 Å². The molecule has 0 spiro atoms. The Morgan fingerprint density at radius 2 is 1.77 bits per heavy atom. The fourth-order valence-electron chi connectivity index (χ4n) is 4.27. The Hall–Kier alpha value is -4.05. The summed E-state index contributed by atoms with van der Waals surface area (Å²) in [4.78, 5) is 12.9. The minimum atomic E-state index is -2.63. The summed E-state index contributed by atoms with van der Waals surface area (Å²) in [6.45, 7) is 0. The Balaban J connectivity index is 1.30. The van der Waals surface area contributed by atoms with Crippen molar-refractivity contribution in [3.05, 3.63) is 90.1 Å². The van der Waals surface area contributed by atoms with Crippen molar-refractivity contribution >= 4 is 45.5 Å². The maximum atomic E-state index is 13.8. The van der Waals surface area contributed by atoms with Crippen molar-refractivity contribution in [3.8, 4) is 0 Å². The summed E-state index contributed by atoms with van der Waals surface area (Å²) in [5, 5.41) is 12.5. The Morgan fingerprint density at radius 3 is 2.57 bits per heavy atom. The maximum Gasteiger partial charge on any atom is 0.275 e. The average molecular weight is 493 g/mol. The maximum absolute atomic E-state index is 13.8. The Bertz CT molecular complexity index is 1370. The standard InChI is InChI=1S/C25H22F2N6OS/c26-22(27)21-13-20(16-8-2-1-3-9-16)29-23-18(14-28-33(21)23)24(34)31-32-25(35)30-19-12-6-10-15-7-4-5-11-17(15)19/h1-12,14,20-22,29H,13H2,(H,31,34)(H2,30,32,35). The molecule has 3 aromatic carbocycles.